The normalized spacial score (nSPS) is 22.1. The number of non-ortho nitro benzene ring substituents is 1. The quantitative estimate of drug-likeness (QED) is 0.525. The van der Waals surface area contributed by atoms with Crippen molar-refractivity contribution in [2.45, 2.75) is 38.6 Å². The summed E-state index contributed by atoms with van der Waals surface area (Å²) in [4.78, 5) is 22.1. The number of amides is 1. The molecule has 0 radical (unpaired) electrons. The van der Waals surface area contributed by atoms with E-state index in [0.717, 1.165) is 31.6 Å². The molecule has 0 bridgehead atoms. The van der Waals surface area contributed by atoms with Crippen molar-refractivity contribution < 1.29 is 9.72 Å². The van der Waals surface area contributed by atoms with Crippen LogP contribution in [0.15, 0.2) is 30.3 Å². The molecule has 1 aromatic rings. The van der Waals surface area contributed by atoms with Gasteiger partial charge in [0.15, 0.2) is 0 Å². The topological polar surface area (TPSA) is 72.2 Å². The van der Waals surface area contributed by atoms with Crippen molar-refractivity contribution in [2.24, 2.45) is 5.92 Å². The van der Waals surface area contributed by atoms with Crippen LogP contribution in [0.1, 0.15) is 38.2 Å². The molecule has 1 fully saturated rings. The van der Waals surface area contributed by atoms with Crippen molar-refractivity contribution in [3.63, 3.8) is 0 Å². The fourth-order valence-corrected chi connectivity index (χ4v) is 2.57. The molecule has 1 amide bonds. The largest absolute Gasteiger partial charge is 0.350 e. The Hall–Kier alpha value is -2.17. The molecule has 2 rings (SSSR count). The van der Waals surface area contributed by atoms with Crippen molar-refractivity contribution in [3.8, 4) is 0 Å². The van der Waals surface area contributed by atoms with Gasteiger partial charge in [0.2, 0.25) is 5.91 Å². The minimum atomic E-state index is -0.444. The Balaban J connectivity index is 1.90. The summed E-state index contributed by atoms with van der Waals surface area (Å²) < 4.78 is 0. The Kier molecular flexibility index (Phi) is 5.09. The minimum absolute atomic E-state index is 0.0267. The highest BCUT2D eigenvalue weighted by Gasteiger charge is 2.18. The Morgan fingerprint density at radius 3 is 2.71 bits per heavy atom. The molecule has 0 aromatic heterocycles. The Morgan fingerprint density at radius 1 is 1.33 bits per heavy atom. The highest BCUT2D eigenvalue weighted by molar-refractivity contribution is 5.92. The van der Waals surface area contributed by atoms with Crippen molar-refractivity contribution in [1.82, 2.24) is 5.32 Å². The molecular weight excluding hydrogens is 268 g/mol. The molecule has 0 heterocycles. The first-order valence-corrected chi connectivity index (χ1v) is 7.27. The molecule has 5 heteroatoms. The number of carbonyl (C=O) groups excluding carboxylic acids is 1. The standard InChI is InChI=1S/C16H20N2O3/c1-12-5-8-14(9-6-12)17-16(19)10-7-13-3-2-4-15(11-13)18(20)21/h2-4,7,10-12,14H,5-6,8-9H2,1H3,(H,17,19)/b10-7+. The third-order valence-electron chi connectivity index (χ3n) is 3.87. The van der Waals surface area contributed by atoms with E-state index < -0.39 is 4.92 Å². The second kappa shape index (κ2) is 7.02. The van der Waals surface area contributed by atoms with E-state index in [0.29, 0.717) is 5.56 Å². The molecule has 1 saturated carbocycles. The average molecular weight is 288 g/mol. The zero-order valence-corrected chi connectivity index (χ0v) is 12.1. The lowest BCUT2D eigenvalue weighted by molar-refractivity contribution is -0.384. The van der Waals surface area contributed by atoms with E-state index in [-0.39, 0.29) is 17.6 Å². The van der Waals surface area contributed by atoms with Gasteiger partial charge < -0.3 is 5.32 Å². The molecule has 1 aliphatic carbocycles. The second-order valence-electron chi connectivity index (χ2n) is 5.65. The van der Waals surface area contributed by atoms with Gasteiger partial charge in [0, 0.05) is 24.3 Å². The van der Waals surface area contributed by atoms with Crippen LogP contribution in [0.25, 0.3) is 6.08 Å². The molecule has 0 aliphatic heterocycles. The van der Waals surface area contributed by atoms with Crippen molar-refractivity contribution in [3.05, 3.63) is 46.0 Å². The summed E-state index contributed by atoms with van der Waals surface area (Å²) >= 11 is 0. The molecular formula is C16H20N2O3. The SMILES string of the molecule is CC1CCC(NC(=O)/C=C/c2cccc([N+](=O)[O-])c2)CC1. The monoisotopic (exact) mass is 288 g/mol. The molecule has 0 atom stereocenters. The van der Waals surface area contributed by atoms with Crippen LogP contribution in [-0.2, 0) is 4.79 Å². The zero-order valence-electron chi connectivity index (χ0n) is 12.1. The van der Waals surface area contributed by atoms with Crippen LogP contribution in [0.3, 0.4) is 0 Å². The van der Waals surface area contributed by atoms with Crippen molar-refractivity contribution in [2.75, 3.05) is 0 Å². The third kappa shape index (κ3) is 4.70. The highest BCUT2D eigenvalue weighted by Crippen LogP contribution is 2.23. The first kappa shape index (κ1) is 15.2. The van der Waals surface area contributed by atoms with Gasteiger partial charge in [0.05, 0.1) is 4.92 Å². The van der Waals surface area contributed by atoms with Gasteiger partial charge in [0.25, 0.3) is 5.69 Å². The lowest BCUT2D eigenvalue weighted by Gasteiger charge is -2.26. The fourth-order valence-electron chi connectivity index (χ4n) is 2.57. The van der Waals surface area contributed by atoms with E-state index in [9.17, 15) is 14.9 Å². The molecule has 1 N–H and O–H groups in total. The summed E-state index contributed by atoms with van der Waals surface area (Å²) in [6.45, 7) is 2.24. The molecule has 1 aromatic carbocycles. The zero-order chi connectivity index (χ0) is 15.2. The fraction of sp³-hybridized carbons (Fsp3) is 0.438. The number of hydrogen-bond donors (Lipinski definition) is 1. The summed E-state index contributed by atoms with van der Waals surface area (Å²) in [5, 5.41) is 13.7. The first-order valence-electron chi connectivity index (χ1n) is 7.27. The third-order valence-corrected chi connectivity index (χ3v) is 3.87. The van der Waals surface area contributed by atoms with Crippen LogP contribution in [-0.4, -0.2) is 16.9 Å². The second-order valence-corrected chi connectivity index (χ2v) is 5.65. The number of rotatable bonds is 4. The predicted molar refractivity (Wildman–Crippen MR) is 81.7 cm³/mol. The summed E-state index contributed by atoms with van der Waals surface area (Å²) in [6, 6.07) is 6.48. The maximum atomic E-state index is 11.9. The lowest BCUT2D eigenvalue weighted by atomic mass is 9.87. The van der Waals surface area contributed by atoms with Crippen molar-refractivity contribution in [1.29, 1.82) is 0 Å². The van der Waals surface area contributed by atoms with Crippen LogP contribution in [0.2, 0.25) is 0 Å². The van der Waals surface area contributed by atoms with Gasteiger partial charge in [-0.25, -0.2) is 0 Å². The molecule has 0 spiro atoms. The minimum Gasteiger partial charge on any atom is -0.350 e. The number of hydrogen-bond acceptors (Lipinski definition) is 3. The number of nitro groups is 1. The molecule has 1 aliphatic rings. The number of nitrogens with zero attached hydrogens (tertiary/aromatic N) is 1. The Bertz CT molecular complexity index is 546. The summed E-state index contributed by atoms with van der Waals surface area (Å²) in [5.41, 5.74) is 0.676. The molecule has 5 nitrogen and oxygen atoms in total. The van der Waals surface area contributed by atoms with Crippen molar-refractivity contribution >= 4 is 17.7 Å². The van der Waals surface area contributed by atoms with Crippen LogP contribution in [0.5, 0.6) is 0 Å². The Labute approximate surface area is 124 Å². The van der Waals surface area contributed by atoms with Gasteiger partial charge >= 0.3 is 0 Å². The number of nitrogens with one attached hydrogen (secondary N) is 1. The van der Waals surface area contributed by atoms with E-state index in [1.54, 1.807) is 18.2 Å². The van der Waals surface area contributed by atoms with Gasteiger partial charge in [-0.05, 0) is 43.2 Å². The van der Waals surface area contributed by atoms with E-state index in [1.807, 2.05) is 0 Å². The predicted octanol–water partition coefficient (Wildman–Crippen LogP) is 3.30. The number of carbonyl (C=O) groups is 1. The number of benzene rings is 1. The highest BCUT2D eigenvalue weighted by atomic mass is 16.6. The molecule has 112 valence electrons. The molecule has 21 heavy (non-hydrogen) atoms. The van der Waals surface area contributed by atoms with Crippen LogP contribution >= 0.6 is 0 Å². The molecule has 0 saturated heterocycles. The maximum Gasteiger partial charge on any atom is 0.270 e. The van der Waals surface area contributed by atoms with Crippen LogP contribution < -0.4 is 5.32 Å². The molecule has 0 unspecified atom stereocenters. The Morgan fingerprint density at radius 2 is 2.05 bits per heavy atom. The van der Waals surface area contributed by atoms with Gasteiger partial charge in [-0.1, -0.05) is 19.1 Å². The summed E-state index contributed by atoms with van der Waals surface area (Å²) in [5.74, 6) is 0.611. The lowest BCUT2D eigenvalue weighted by Crippen LogP contribution is -2.36. The summed E-state index contributed by atoms with van der Waals surface area (Å²) in [6.07, 6.45) is 7.40. The maximum absolute atomic E-state index is 11.9. The van der Waals surface area contributed by atoms with Gasteiger partial charge in [0.1, 0.15) is 0 Å². The van der Waals surface area contributed by atoms with Crippen LogP contribution in [0, 0.1) is 16.0 Å². The van der Waals surface area contributed by atoms with Gasteiger partial charge in [-0.15, -0.1) is 0 Å². The number of nitro benzene ring substituents is 1. The van der Waals surface area contributed by atoms with E-state index in [1.165, 1.54) is 18.2 Å². The van der Waals surface area contributed by atoms with E-state index in [4.69, 9.17) is 0 Å². The van der Waals surface area contributed by atoms with E-state index >= 15 is 0 Å². The van der Waals surface area contributed by atoms with Gasteiger partial charge in [-0.3, -0.25) is 14.9 Å². The van der Waals surface area contributed by atoms with Gasteiger partial charge in [-0.2, -0.15) is 0 Å². The first-order chi connectivity index (χ1) is 10.0. The summed E-state index contributed by atoms with van der Waals surface area (Å²) in [7, 11) is 0. The average Bonchev–Trinajstić information content (AvgIpc) is 2.48. The van der Waals surface area contributed by atoms with E-state index in [2.05, 4.69) is 12.2 Å². The van der Waals surface area contributed by atoms with Crippen LogP contribution in [0.4, 0.5) is 5.69 Å². The smallest absolute Gasteiger partial charge is 0.270 e.